The maximum Gasteiger partial charge on any atom is 0.127 e. The molecule has 4 nitrogen and oxygen atoms in total. The molecular weight excluding hydrogens is 308 g/mol. The molecule has 21 heavy (non-hydrogen) atoms. The average Bonchev–Trinajstić information content (AvgIpc) is 2.83. The monoisotopic (exact) mass is 328 g/mol. The van der Waals surface area contributed by atoms with Crippen molar-refractivity contribution in [2.75, 3.05) is 19.1 Å². The molecule has 0 saturated carbocycles. The Morgan fingerprint density at radius 2 is 2.14 bits per heavy atom. The summed E-state index contributed by atoms with van der Waals surface area (Å²) in [7, 11) is 0.851. The Morgan fingerprint density at radius 3 is 2.71 bits per heavy atom. The number of imidazole rings is 1. The van der Waals surface area contributed by atoms with Gasteiger partial charge in [-0.15, -0.1) is 11.6 Å². The van der Waals surface area contributed by atoms with Crippen molar-refractivity contribution in [1.29, 1.82) is 0 Å². The minimum atomic E-state index is -0.791. The van der Waals surface area contributed by atoms with Gasteiger partial charge < -0.3 is 9.30 Å². The SMILES string of the molecule is COc1ccc2c(c1)nc(C(C)Cl)n2C(C)CCS(C)=O. The Kier molecular flexibility index (Phi) is 5.27. The minimum Gasteiger partial charge on any atom is -0.497 e. The highest BCUT2D eigenvalue weighted by molar-refractivity contribution is 7.84. The van der Waals surface area contributed by atoms with Gasteiger partial charge in [0.1, 0.15) is 11.6 Å². The van der Waals surface area contributed by atoms with Crippen LogP contribution in [0, 0.1) is 0 Å². The predicted octanol–water partition coefficient (Wildman–Crippen LogP) is 3.67. The summed E-state index contributed by atoms with van der Waals surface area (Å²) in [5, 5.41) is -0.182. The molecule has 0 aliphatic carbocycles. The van der Waals surface area contributed by atoms with Crippen LogP contribution in [0.3, 0.4) is 0 Å². The van der Waals surface area contributed by atoms with Crippen LogP contribution in [0.4, 0.5) is 0 Å². The molecule has 116 valence electrons. The van der Waals surface area contributed by atoms with Crippen molar-refractivity contribution in [1.82, 2.24) is 9.55 Å². The Morgan fingerprint density at radius 1 is 1.43 bits per heavy atom. The van der Waals surface area contributed by atoms with E-state index in [1.165, 1.54) is 0 Å². The molecule has 1 aromatic carbocycles. The van der Waals surface area contributed by atoms with Crippen LogP contribution in [0.15, 0.2) is 18.2 Å². The number of ether oxygens (including phenoxy) is 1. The molecule has 0 spiro atoms. The summed E-state index contributed by atoms with van der Waals surface area (Å²) in [4.78, 5) is 4.64. The van der Waals surface area contributed by atoms with Crippen molar-refractivity contribution in [3.8, 4) is 5.75 Å². The van der Waals surface area contributed by atoms with E-state index in [0.717, 1.165) is 29.0 Å². The molecule has 3 unspecified atom stereocenters. The van der Waals surface area contributed by atoms with Crippen LogP contribution in [0.2, 0.25) is 0 Å². The number of methoxy groups -OCH3 is 1. The molecule has 3 atom stereocenters. The summed E-state index contributed by atoms with van der Waals surface area (Å²) < 4.78 is 18.7. The highest BCUT2D eigenvalue weighted by Gasteiger charge is 2.19. The van der Waals surface area contributed by atoms with Crippen molar-refractivity contribution in [3.63, 3.8) is 0 Å². The van der Waals surface area contributed by atoms with Crippen molar-refractivity contribution in [2.24, 2.45) is 0 Å². The van der Waals surface area contributed by atoms with E-state index in [9.17, 15) is 4.21 Å². The number of nitrogens with zero attached hydrogens (tertiary/aromatic N) is 2. The van der Waals surface area contributed by atoms with Gasteiger partial charge in [0.2, 0.25) is 0 Å². The van der Waals surface area contributed by atoms with Crippen LogP contribution < -0.4 is 4.74 Å². The molecule has 0 saturated heterocycles. The van der Waals surface area contributed by atoms with Gasteiger partial charge in [-0.2, -0.15) is 0 Å². The van der Waals surface area contributed by atoms with Crippen LogP contribution in [0.5, 0.6) is 5.75 Å². The molecule has 2 aromatic rings. The van der Waals surface area contributed by atoms with Gasteiger partial charge in [-0.05, 0) is 32.4 Å². The zero-order chi connectivity index (χ0) is 15.6. The van der Waals surface area contributed by atoms with E-state index in [4.69, 9.17) is 16.3 Å². The standard InChI is InChI=1S/C15H21ClN2O2S/c1-10(7-8-21(4)19)18-14-6-5-12(20-3)9-13(14)17-15(18)11(2)16/h5-6,9-11H,7-8H2,1-4H3. The second-order valence-corrected chi connectivity index (χ2v) is 7.43. The van der Waals surface area contributed by atoms with Crippen LogP contribution in [0.25, 0.3) is 11.0 Å². The molecule has 0 amide bonds. The number of hydrogen-bond acceptors (Lipinski definition) is 3. The number of hydrogen-bond donors (Lipinski definition) is 0. The molecule has 0 radical (unpaired) electrons. The number of alkyl halides is 1. The lowest BCUT2D eigenvalue weighted by atomic mass is 10.2. The summed E-state index contributed by atoms with van der Waals surface area (Å²) in [6.07, 6.45) is 2.56. The minimum absolute atomic E-state index is 0.182. The molecule has 2 rings (SSSR count). The topological polar surface area (TPSA) is 44.1 Å². The highest BCUT2D eigenvalue weighted by atomic mass is 35.5. The second kappa shape index (κ2) is 6.79. The van der Waals surface area contributed by atoms with Gasteiger partial charge in [0, 0.05) is 34.9 Å². The van der Waals surface area contributed by atoms with E-state index in [0.29, 0.717) is 5.75 Å². The van der Waals surface area contributed by atoms with Gasteiger partial charge in [0.05, 0.1) is 23.5 Å². The largest absolute Gasteiger partial charge is 0.497 e. The third kappa shape index (κ3) is 3.58. The fourth-order valence-corrected chi connectivity index (χ4v) is 3.26. The van der Waals surface area contributed by atoms with Gasteiger partial charge in [0.15, 0.2) is 0 Å². The molecule has 6 heteroatoms. The van der Waals surface area contributed by atoms with E-state index in [1.807, 2.05) is 25.1 Å². The second-order valence-electron chi connectivity index (χ2n) is 5.23. The fraction of sp³-hybridized carbons (Fsp3) is 0.533. The Labute approximate surface area is 132 Å². The Hall–Kier alpha value is -1.07. The van der Waals surface area contributed by atoms with Crippen molar-refractivity contribution in [2.45, 2.75) is 31.7 Å². The average molecular weight is 329 g/mol. The molecule has 0 aliphatic rings. The molecule has 1 heterocycles. The summed E-state index contributed by atoms with van der Waals surface area (Å²) in [6.45, 7) is 4.03. The van der Waals surface area contributed by atoms with Crippen LogP contribution >= 0.6 is 11.6 Å². The van der Waals surface area contributed by atoms with Gasteiger partial charge in [-0.1, -0.05) is 0 Å². The smallest absolute Gasteiger partial charge is 0.127 e. The fourth-order valence-electron chi connectivity index (χ4n) is 2.43. The van der Waals surface area contributed by atoms with Gasteiger partial charge in [-0.25, -0.2) is 4.98 Å². The van der Waals surface area contributed by atoms with E-state index in [1.54, 1.807) is 13.4 Å². The van der Waals surface area contributed by atoms with Crippen molar-refractivity contribution in [3.05, 3.63) is 24.0 Å². The third-order valence-electron chi connectivity index (χ3n) is 3.54. The molecule has 0 aliphatic heterocycles. The number of aromatic nitrogens is 2. The van der Waals surface area contributed by atoms with E-state index in [-0.39, 0.29) is 11.4 Å². The number of rotatable bonds is 6. The van der Waals surface area contributed by atoms with Gasteiger partial charge in [0.25, 0.3) is 0 Å². The zero-order valence-corrected chi connectivity index (χ0v) is 14.4. The lowest BCUT2D eigenvalue weighted by Gasteiger charge is -2.18. The van der Waals surface area contributed by atoms with Crippen LogP contribution in [-0.4, -0.2) is 32.9 Å². The summed E-state index contributed by atoms with van der Waals surface area (Å²) in [5.41, 5.74) is 1.91. The van der Waals surface area contributed by atoms with Gasteiger partial charge >= 0.3 is 0 Å². The van der Waals surface area contributed by atoms with Gasteiger partial charge in [-0.3, -0.25) is 4.21 Å². The number of halogens is 1. The normalized spacial score (nSPS) is 15.9. The predicted molar refractivity (Wildman–Crippen MR) is 88.8 cm³/mol. The first-order chi connectivity index (χ1) is 9.93. The maximum atomic E-state index is 11.3. The van der Waals surface area contributed by atoms with Crippen molar-refractivity contribution < 1.29 is 8.95 Å². The molecule has 0 N–H and O–H groups in total. The first kappa shape index (κ1) is 16.3. The molecule has 0 fully saturated rings. The summed E-state index contributed by atoms with van der Waals surface area (Å²) >= 11 is 6.29. The van der Waals surface area contributed by atoms with Crippen LogP contribution in [0.1, 0.15) is 37.5 Å². The first-order valence-corrected chi connectivity index (χ1v) is 9.10. The molecule has 1 aromatic heterocycles. The molecular formula is C15H21ClN2O2S. The Balaban J connectivity index is 2.48. The van der Waals surface area contributed by atoms with E-state index < -0.39 is 10.8 Å². The first-order valence-electron chi connectivity index (χ1n) is 6.94. The quantitative estimate of drug-likeness (QED) is 0.760. The highest BCUT2D eigenvalue weighted by Crippen LogP contribution is 2.31. The zero-order valence-electron chi connectivity index (χ0n) is 12.8. The maximum absolute atomic E-state index is 11.3. The van der Waals surface area contributed by atoms with E-state index >= 15 is 0 Å². The number of fused-ring (bicyclic) bond motifs is 1. The summed E-state index contributed by atoms with van der Waals surface area (Å²) in [6, 6.07) is 6.04. The lowest BCUT2D eigenvalue weighted by molar-refractivity contribution is 0.415. The van der Waals surface area contributed by atoms with E-state index in [2.05, 4.69) is 16.5 Å². The summed E-state index contributed by atoms with van der Waals surface area (Å²) in [5.74, 6) is 2.30. The lowest BCUT2D eigenvalue weighted by Crippen LogP contribution is -2.12. The number of benzene rings is 1. The third-order valence-corrected chi connectivity index (χ3v) is 4.55. The molecule has 0 bridgehead atoms. The van der Waals surface area contributed by atoms with Crippen LogP contribution in [-0.2, 0) is 10.8 Å². The Bertz CT molecular complexity index is 654. The van der Waals surface area contributed by atoms with Crippen molar-refractivity contribution >= 4 is 33.4 Å².